The Bertz CT molecular complexity index is 503. The molecule has 0 saturated carbocycles. The number of ether oxygens (including phenoxy) is 1. The molecule has 8 nitrogen and oxygen atoms in total. The molecule has 0 aromatic carbocycles. The largest absolute Gasteiger partial charge is 0.444 e. The van der Waals surface area contributed by atoms with Gasteiger partial charge in [-0.1, -0.05) is 20.8 Å². The summed E-state index contributed by atoms with van der Waals surface area (Å²) < 4.78 is 5.40. The Morgan fingerprint density at radius 3 is 2.03 bits per heavy atom. The standard InChI is InChI=1S/C20H41N5O3.HI/c1-8-13-22-16(26)12-14-23-17(21-11-4)24-15-20(9-2,10-3)25-18(27)28-19(5,6)7;/h8-15H2,1-7H3,(H,22,26)(H,25,27)(H2,21,23,24);1H. The molecule has 172 valence electrons. The number of carbonyl (C=O) groups excluding carboxylic acids is 2. The molecule has 0 radical (unpaired) electrons. The first-order chi connectivity index (χ1) is 13.1. The van der Waals surface area contributed by atoms with Crippen LogP contribution < -0.4 is 21.3 Å². The van der Waals surface area contributed by atoms with Crippen LogP contribution in [0.5, 0.6) is 0 Å². The number of nitrogens with zero attached hydrogens (tertiary/aromatic N) is 1. The molecule has 0 aromatic heterocycles. The highest BCUT2D eigenvalue weighted by Crippen LogP contribution is 2.17. The molecule has 0 aromatic rings. The van der Waals surface area contributed by atoms with Crippen LogP contribution in [0.25, 0.3) is 0 Å². The van der Waals surface area contributed by atoms with Crippen LogP contribution in [0.15, 0.2) is 4.99 Å². The lowest BCUT2D eigenvalue weighted by atomic mass is 9.93. The van der Waals surface area contributed by atoms with Crippen LogP contribution in [0, 0.1) is 0 Å². The first-order valence-electron chi connectivity index (χ1n) is 10.4. The predicted molar refractivity (Wildman–Crippen MR) is 130 cm³/mol. The van der Waals surface area contributed by atoms with E-state index in [9.17, 15) is 9.59 Å². The van der Waals surface area contributed by atoms with Crippen molar-refractivity contribution in [2.24, 2.45) is 4.99 Å². The van der Waals surface area contributed by atoms with E-state index < -0.39 is 17.2 Å². The van der Waals surface area contributed by atoms with E-state index in [0.29, 0.717) is 38.6 Å². The Morgan fingerprint density at radius 1 is 0.931 bits per heavy atom. The van der Waals surface area contributed by atoms with Crippen LogP contribution in [0.1, 0.15) is 74.1 Å². The number of carbonyl (C=O) groups is 2. The number of guanidine groups is 1. The average molecular weight is 527 g/mol. The number of nitrogens with one attached hydrogen (secondary N) is 4. The molecular weight excluding hydrogens is 485 g/mol. The van der Waals surface area contributed by atoms with Crippen LogP contribution in [-0.2, 0) is 9.53 Å². The summed E-state index contributed by atoms with van der Waals surface area (Å²) in [6.07, 6.45) is 2.32. The van der Waals surface area contributed by atoms with E-state index in [4.69, 9.17) is 4.74 Å². The van der Waals surface area contributed by atoms with Crippen molar-refractivity contribution in [1.29, 1.82) is 0 Å². The van der Waals surface area contributed by atoms with Gasteiger partial charge < -0.3 is 26.0 Å². The van der Waals surface area contributed by atoms with Gasteiger partial charge in [0.2, 0.25) is 5.91 Å². The molecule has 0 aliphatic heterocycles. The maximum atomic E-state index is 12.2. The lowest BCUT2D eigenvalue weighted by Gasteiger charge is -2.32. The fraction of sp³-hybridized carbons (Fsp3) is 0.850. The normalized spacial score (nSPS) is 11.9. The summed E-state index contributed by atoms with van der Waals surface area (Å²) in [6.45, 7) is 15.9. The highest BCUT2D eigenvalue weighted by atomic mass is 127. The molecule has 0 bridgehead atoms. The lowest BCUT2D eigenvalue weighted by Crippen LogP contribution is -2.52. The molecule has 0 fully saturated rings. The fourth-order valence-electron chi connectivity index (χ4n) is 2.43. The van der Waals surface area contributed by atoms with Crippen molar-refractivity contribution in [2.75, 3.05) is 26.2 Å². The molecule has 4 N–H and O–H groups in total. The van der Waals surface area contributed by atoms with Gasteiger partial charge in [-0.25, -0.2) is 4.79 Å². The number of hydrogen-bond acceptors (Lipinski definition) is 4. The minimum atomic E-state index is -0.546. The van der Waals surface area contributed by atoms with Crippen molar-refractivity contribution >= 4 is 41.9 Å². The zero-order valence-corrected chi connectivity index (χ0v) is 21.6. The second-order valence-corrected chi connectivity index (χ2v) is 7.84. The van der Waals surface area contributed by atoms with Gasteiger partial charge in [-0.2, -0.15) is 0 Å². The van der Waals surface area contributed by atoms with Gasteiger partial charge in [-0.05, 0) is 47.0 Å². The quantitative estimate of drug-likeness (QED) is 0.188. The van der Waals surface area contributed by atoms with Crippen molar-refractivity contribution in [1.82, 2.24) is 21.3 Å². The summed E-state index contributed by atoms with van der Waals surface area (Å²) in [7, 11) is 0. The summed E-state index contributed by atoms with van der Waals surface area (Å²) in [5.41, 5.74) is -1.03. The number of halogens is 1. The van der Waals surface area contributed by atoms with Gasteiger partial charge in [-0.3, -0.25) is 9.79 Å². The maximum Gasteiger partial charge on any atom is 0.408 e. The van der Waals surface area contributed by atoms with Crippen molar-refractivity contribution in [3.05, 3.63) is 0 Å². The van der Waals surface area contributed by atoms with Crippen molar-refractivity contribution in [2.45, 2.75) is 85.3 Å². The van der Waals surface area contributed by atoms with Gasteiger partial charge in [0.05, 0.1) is 12.1 Å². The molecule has 0 rings (SSSR count). The van der Waals surface area contributed by atoms with E-state index in [1.54, 1.807) is 0 Å². The van der Waals surface area contributed by atoms with E-state index >= 15 is 0 Å². The van der Waals surface area contributed by atoms with Gasteiger partial charge in [0.25, 0.3) is 0 Å². The Kier molecular flexibility index (Phi) is 16.1. The van der Waals surface area contributed by atoms with Crippen LogP contribution in [0.4, 0.5) is 4.79 Å². The number of hydrogen-bond donors (Lipinski definition) is 4. The van der Waals surface area contributed by atoms with Crippen LogP contribution >= 0.6 is 24.0 Å². The molecule has 0 aliphatic rings. The summed E-state index contributed by atoms with van der Waals surface area (Å²) in [4.78, 5) is 28.6. The molecule has 0 saturated heterocycles. The van der Waals surface area contributed by atoms with E-state index in [-0.39, 0.29) is 29.9 Å². The number of aliphatic imine (C=N–C) groups is 1. The average Bonchev–Trinajstić information content (AvgIpc) is 2.61. The molecule has 0 aliphatic carbocycles. The Balaban J connectivity index is 0. The Morgan fingerprint density at radius 2 is 1.55 bits per heavy atom. The molecule has 29 heavy (non-hydrogen) atoms. The minimum absolute atomic E-state index is 0. The van der Waals surface area contributed by atoms with E-state index in [2.05, 4.69) is 26.3 Å². The van der Waals surface area contributed by atoms with Gasteiger partial charge in [0, 0.05) is 26.1 Å². The van der Waals surface area contributed by atoms with E-state index in [0.717, 1.165) is 19.3 Å². The molecule has 9 heteroatoms. The van der Waals surface area contributed by atoms with E-state index in [1.807, 2.05) is 48.5 Å². The third-order valence-corrected chi connectivity index (χ3v) is 4.22. The zero-order chi connectivity index (χ0) is 21.6. The summed E-state index contributed by atoms with van der Waals surface area (Å²) in [5.74, 6) is 0.649. The third-order valence-electron chi connectivity index (χ3n) is 4.22. The first-order valence-corrected chi connectivity index (χ1v) is 10.4. The minimum Gasteiger partial charge on any atom is -0.444 e. The van der Waals surface area contributed by atoms with Gasteiger partial charge in [0.15, 0.2) is 5.96 Å². The Labute approximate surface area is 193 Å². The summed E-state index contributed by atoms with van der Waals surface area (Å²) >= 11 is 0. The number of rotatable bonds is 11. The van der Waals surface area contributed by atoms with Crippen molar-refractivity contribution in [3.8, 4) is 0 Å². The Hall–Kier alpha value is -1.26. The summed E-state index contributed by atoms with van der Waals surface area (Å²) in [6, 6.07) is 0. The monoisotopic (exact) mass is 527 g/mol. The molecule has 0 heterocycles. The van der Waals surface area contributed by atoms with E-state index in [1.165, 1.54) is 0 Å². The first kappa shape index (κ1) is 29.9. The highest BCUT2D eigenvalue weighted by molar-refractivity contribution is 14.0. The predicted octanol–water partition coefficient (Wildman–Crippen LogP) is 3.16. The highest BCUT2D eigenvalue weighted by Gasteiger charge is 2.30. The van der Waals surface area contributed by atoms with Crippen molar-refractivity contribution in [3.63, 3.8) is 0 Å². The maximum absolute atomic E-state index is 12.2. The van der Waals surface area contributed by atoms with Crippen molar-refractivity contribution < 1.29 is 14.3 Å². The van der Waals surface area contributed by atoms with Crippen LogP contribution in [0.3, 0.4) is 0 Å². The van der Waals surface area contributed by atoms with Crippen LogP contribution in [-0.4, -0.2) is 55.3 Å². The SMILES string of the molecule is CCCNC(=O)CCNC(=NCC(CC)(CC)NC(=O)OC(C)(C)C)NCC.I. The topological polar surface area (TPSA) is 104 Å². The zero-order valence-electron chi connectivity index (χ0n) is 19.2. The van der Waals surface area contributed by atoms with Crippen LogP contribution in [0.2, 0.25) is 0 Å². The second-order valence-electron chi connectivity index (χ2n) is 7.84. The fourth-order valence-corrected chi connectivity index (χ4v) is 2.43. The third kappa shape index (κ3) is 14.4. The summed E-state index contributed by atoms with van der Waals surface area (Å²) in [5, 5.41) is 12.2. The molecule has 0 spiro atoms. The number of alkyl carbamates (subject to hydrolysis) is 1. The van der Waals surface area contributed by atoms with Gasteiger partial charge in [-0.15, -0.1) is 24.0 Å². The number of amides is 2. The molecule has 2 amide bonds. The second kappa shape index (κ2) is 15.6. The van der Waals surface area contributed by atoms with Gasteiger partial charge >= 0.3 is 6.09 Å². The smallest absolute Gasteiger partial charge is 0.408 e. The molecular formula is C20H42IN5O3. The molecule has 0 unspecified atom stereocenters. The lowest BCUT2D eigenvalue weighted by molar-refractivity contribution is -0.120. The molecule has 0 atom stereocenters. The van der Waals surface area contributed by atoms with Gasteiger partial charge in [0.1, 0.15) is 5.60 Å².